The summed E-state index contributed by atoms with van der Waals surface area (Å²) in [6.45, 7) is 5.38. The number of nitrogens with one attached hydrogen (secondary N) is 1. The molecule has 1 N–H and O–H groups in total. The predicted octanol–water partition coefficient (Wildman–Crippen LogP) is 4.50. The number of ether oxygens (including phenoxy) is 1. The second kappa shape index (κ2) is 6.79. The molecule has 2 rings (SSSR count). The molecule has 3 nitrogen and oxygen atoms in total. The number of anilines is 1. The summed E-state index contributed by atoms with van der Waals surface area (Å²) < 4.78 is 18.7. The van der Waals surface area contributed by atoms with Crippen molar-refractivity contribution in [2.24, 2.45) is 0 Å². The van der Waals surface area contributed by atoms with Gasteiger partial charge in [-0.3, -0.25) is 4.79 Å². The van der Waals surface area contributed by atoms with Gasteiger partial charge in [0.1, 0.15) is 11.6 Å². The smallest absolute Gasteiger partial charge is 0.265 e. The number of rotatable bonds is 4. The van der Waals surface area contributed by atoms with Crippen LogP contribution >= 0.6 is 11.6 Å². The highest BCUT2D eigenvalue weighted by molar-refractivity contribution is 6.32. The SMILES string of the molecule is Cc1cc(O[C@H](C)C(=O)Nc2cccc(F)c2)cc(C)c1Cl. The first-order valence-corrected chi connectivity index (χ1v) is 7.24. The molecule has 0 heterocycles. The third-order valence-corrected chi connectivity index (χ3v) is 3.78. The van der Waals surface area contributed by atoms with Gasteiger partial charge in [-0.1, -0.05) is 17.7 Å². The molecular formula is C17H17ClFNO2. The summed E-state index contributed by atoms with van der Waals surface area (Å²) in [5.41, 5.74) is 2.16. The number of benzene rings is 2. The molecule has 2 aromatic carbocycles. The van der Waals surface area contributed by atoms with Crippen molar-refractivity contribution in [1.82, 2.24) is 0 Å². The van der Waals surface area contributed by atoms with E-state index in [0.717, 1.165) is 11.1 Å². The fourth-order valence-corrected chi connectivity index (χ4v) is 2.15. The van der Waals surface area contributed by atoms with E-state index in [2.05, 4.69) is 5.32 Å². The van der Waals surface area contributed by atoms with E-state index in [1.54, 1.807) is 25.1 Å². The molecule has 0 saturated carbocycles. The number of aryl methyl sites for hydroxylation is 2. The maximum atomic E-state index is 13.1. The van der Waals surface area contributed by atoms with Gasteiger partial charge in [-0.15, -0.1) is 0 Å². The van der Waals surface area contributed by atoms with E-state index in [9.17, 15) is 9.18 Å². The molecule has 0 spiro atoms. The largest absolute Gasteiger partial charge is 0.481 e. The average Bonchev–Trinajstić information content (AvgIpc) is 2.44. The Morgan fingerprint density at radius 1 is 1.23 bits per heavy atom. The average molecular weight is 322 g/mol. The molecule has 5 heteroatoms. The van der Waals surface area contributed by atoms with Crippen LogP contribution in [0.25, 0.3) is 0 Å². The first-order chi connectivity index (χ1) is 10.4. The monoisotopic (exact) mass is 321 g/mol. The summed E-state index contributed by atoms with van der Waals surface area (Å²) in [6.07, 6.45) is -0.719. The van der Waals surface area contributed by atoms with Crippen molar-refractivity contribution >= 4 is 23.2 Å². The number of halogens is 2. The Kier molecular flexibility index (Phi) is 5.03. The number of amides is 1. The normalized spacial score (nSPS) is 11.9. The number of carbonyl (C=O) groups excluding carboxylic acids is 1. The van der Waals surface area contributed by atoms with E-state index in [1.165, 1.54) is 18.2 Å². The standard InChI is InChI=1S/C17H17ClFNO2/c1-10-7-15(8-11(2)16(10)18)22-12(3)17(21)20-14-6-4-5-13(19)9-14/h4-9,12H,1-3H3,(H,20,21)/t12-/m1/s1. The number of carbonyl (C=O) groups is 1. The minimum atomic E-state index is -0.719. The first-order valence-electron chi connectivity index (χ1n) is 6.86. The van der Waals surface area contributed by atoms with Gasteiger partial charge in [0, 0.05) is 10.7 Å². The minimum Gasteiger partial charge on any atom is -0.481 e. The molecule has 1 amide bonds. The summed E-state index contributed by atoms with van der Waals surface area (Å²) in [4.78, 5) is 12.1. The Labute approximate surface area is 134 Å². The first kappa shape index (κ1) is 16.3. The van der Waals surface area contributed by atoms with Crippen LogP contribution in [0.1, 0.15) is 18.1 Å². The minimum absolute atomic E-state index is 0.351. The molecule has 1 atom stereocenters. The zero-order valence-corrected chi connectivity index (χ0v) is 13.4. The Balaban J connectivity index is 2.05. The van der Waals surface area contributed by atoms with Crippen molar-refractivity contribution in [1.29, 1.82) is 0 Å². The Morgan fingerprint density at radius 3 is 2.45 bits per heavy atom. The van der Waals surface area contributed by atoms with Crippen LogP contribution < -0.4 is 10.1 Å². The van der Waals surface area contributed by atoms with Crippen LogP contribution in [0, 0.1) is 19.7 Å². The van der Waals surface area contributed by atoms with E-state index in [1.807, 2.05) is 13.8 Å². The molecule has 0 aliphatic rings. The maximum absolute atomic E-state index is 13.1. The van der Waals surface area contributed by atoms with Gasteiger partial charge in [0.25, 0.3) is 5.91 Å². The third kappa shape index (κ3) is 3.98. The second-order valence-electron chi connectivity index (χ2n) is 5.13. The van der Waals surface area contributed by atoms with Crippen LogP contribution in [0.3, 0.4) is 0 Å². The number of hydrogen-bond acceptors (Lipinski definition) is 2. The zero-order chi connectivity index (χ0) is 16.3. The molecule has 0 unspecified atom stereocenters. The quantitative estimate of drug-likeness (QED) is 0.900. The van der Waals surface area contributed by atoms with Crippen LogP contribution in [0.4, 0.5) is 10.1 Å². The van der Waals surface area contributed by atoms with Crippen LogP contribution in [-0.2, 0) is 4.79 Å². The predicted molar refractivity (Wildman–Crippen MR) is 86.0 cm³/mol. The van der Waals surface area contributed by atoms with Crippen molar-refractivity contribution in [2.45, 2.75) is 26.9 Å². The van der Waals surface area contributed by atoms with Crippen LogP contribution in [0.2, 0.25) is 5.02 Å². The van der Waals surface area contributed by atoms with Gasteiger partial charge in [0.2, 0.25) is 0 Å². The van der Waals surface area contributed by atoms with E-state index < -0.39 is 11.9 Å². The molecule has 0 aromatic heterocycles. The molecule has 22 heavy (non-hydrogen) atoms. The summed E-state index contributed by atoms with van der Waals surface area (Å²) in [5.74, 6) is -0.188. The van der Waals surface area contributed by atoms with Crippen molar-refractivity contribution in [2.75, 3.05) is 5.32 Å². The number of hydrogen-bond donors (Lipinski definition) is 1. The fourth-order valence-electron chi connectivity index (χ4n) is 2.04. The van der Waals surface area contributed by atoms with Crippen LogP contribution in [0.5, 0.6) is 5.75 Å². The topological polar surface area (TPSA) is 38.3 Å². The molecule has 2 aromatic rings. The molecule has 0 fully saturated rings. The summed E-state index contributed by atoms with van der Waals surface area (Å²) in [6, 6.07) is 9.27. The Hall–Kier alpha value is -2.07. The van der Waals surface area contributed by atoms with E-state index in [0.29, 0.717) is 16.5 Å². The molecule has 0 aliphatic heterocycles. The lowest BCUT2D eigenvalue weighted by Crippen LogP contribution is -2.30. The molecule has 0 aliphatic carbocycles. The van der Waals surface area contributed by atoms with E-state index in [4.69, 9.17) is 16.3 Å². The van der Waals surface area contributed by atoms with Crippen LogP contribution in [0.15, 0.2) is 36.4 Å². The van der Waals surface area contributed by atoms with Gasteiger partial charge < -0.3 is 10.1 Å². The van der Waals surface area contributed by atoms with Crippen molar-refractivity contribution < 1.29 is 13.9 Å². The van der Waals surface area contributed by atoms with E-state index >= 15 is 0 Å². The molecular weight excluding hydrogens is 305 g/mol. The summed E-state index contributed by atoms with van der Waals surface area (Å²) in [7, 11) is 0. The second-order valence-corrected chi connectivity index (χ2v) is 5.51. The van der Waals surface area contributed by atoms with Gasteiger partial charge in [-0.2, -0.15) is 0 Å². The lowest BCUT2D eigenvalue weighted by molar-refractivity contribution is -0.122. The molecule has 116 valence electrons. The summed E-state index contributed by atoms with van der Waals surface area (Å²) in [5, 5.41) is 3.30. The molecule has 0 saturated heterocycles. The van der Waals surface area contributed by atoms with Crippen molar-refractivity contribution in [3.05, 3.63) is 58.4 Å². The molecule has 0 radical (unpaired) electrons. The third-order valence-electron chi connectivity index (χ3n) is 3.18. The van der Waals surface area contributed by atoms with Crippen molar-refractivity contribution in [3.8, 4) is 5.75 Å². The van der Waals surface area contributed by atoms with Gasteiger partial charge in [0.15, 0.2) is 6.10 Å². The Morgan fingerprint density at radius 2 is 1.86 bits per heavy atom. The van der Waals surface area contributed by atoms with Crippen LogP contribution in [-0.4, -0.2) is 12.0 Å². The van der Waals surface area contributed by atoms with Gasteiger partial charge in [-0.25, -0.2) is 4.39 Å². The highest BCUT2D eigenvalue weighted by atomic mass is 35.5. The highest BCUT2D eigenvalue weighted by Gasteiger charge is 2.16. The van der Waals surface area contributed by atoms with Gasteiger partial charge in [-0.05, 0) is 62.2 Å². The highest BCUT2D eigenvalue weighted by Crippen LogP contribution is 2.26. The fraction of sp³-hybridized carbons (Fsp3) is 0.235. The van der Waals surface area contributed by atoms with Crippen molar-refractivity contribution in [3.63, 3.8) is 0 Å². The Bertz CT molecular complexity index is 680. The zero-order valence-electron chi connectivity index (χ0n) is 12.6. The lowest BCUT2D eigenvalue weighted by Gasteiger charge is -2.16. The van der Waals surface area contributed by atoms with Gasteiger partial charge >= 0.3 is 0 Å². The van der Waals surface area contributed by atoms with Gasteiger partial charge in [0.05, 0.1) is 0 Å². The summed E-state index contributed by atoms with van der Waals surface area (Å²) >= 11 is 6.10. The maximum Gasteiger partial charge on any atom is 0.265 e. The molecule has 0 bridgehead atoms. The van der Waals surface area contributed by atoms with E-state index in [-0.39, 0.29) is 5.91 Å². The lowest BCUT2D eigenvalue weighted by atomic mass is 10.1.